The number of phenolic OH excluding ortho intramolecular Hbond substituents is 1. The van der Waals surface area contributed by atoms with Crippen molar-refractivity contribution in [1.29, 1.82) is 0 Å². The Balaban J connectivity index is 1.19. The fourth-order valence-electron chi connectivity index (χ4n) is 9.06. The number of phenols is 1. The average Bonchev–Trinajstić information content (AvgIpc) is 3.28. The highest BCUT2D eigenvalue weighted by Gasteiger charge is 2.57. The molecule has 0 aliphatic heterocycles. The molecule has 5 unspecified atom stereocenters. The molecule has 2 fully saturated rings. The Labute approximate surface area is 265 Å². The molecule has 1 aromatic rings. The molecular weight excluding hydrogens is 591 g/mol. The van der Waals surface area contributed by atoms with E-state index in [1.54, 1.807) is 6.92 Å². The number of aliphatic hydroxyl groups excluding tert-OH is 1. The van der Waals surface area contributed by atoms with Crippen molar-refractivity contribution >= 4 is 5.97 Å². The number of hydrogen-bond donors (Lipinski definition) is 2. The van der Waals surface area contributed by atoms with Gasteiger partial charge in [0, 0.05) is 6.42 Å². The molecular formula is C36H53F5O4. The minimum Gasteiger partial charge on any atom is -0.508 e. The Kier molecular flexibility index (Phi) is 12.2. The van der Waals surface area contributed by atoms with Crippen LogP contribution in [0.5, 0.6) is 5.75 Å². The highest BCUT2D eigenvalue weighted by molar-refractivity contribution is 5.72. The van der Waals surface area contributed by atoms with Crippen molar-refractivity contribution in [3.63, 3.8) is 0 Å². The van der Waals surface area contributed by atoms with Crippen molar-refractivity contribution < 1.29 is 41.7 Å². The van der Waals surface area contributed by atoms with Crippen molar-refractivity contribution in [1.82, 2.24) is 0 Å². The van der Waals surface area contributed by atoms with Gasteiger partial charge in [-0.25, -0.2) is 0 Å². The van der Waals surface area contributed by atoms with Crippen LogP contribution < -0.4 is 0 Å². The van der Waals surface area contributed by atoms with Crippen LogP contribution in [0.15, 0.2) is 18.2 Å². The molecule has 45 heavy (non-hydrogen) atoms. The SMILES string of the molecule is CCOC(=O)C(CCCCCCCCCC1Cc2cc(O)ccc2C2CC[C@@]3(C)C(CC[C@@H]3O)C12)CCCC(F)(F)C(F)(F)F. The molecule has 4 rings (SSSR count). The highest BCUT2D eigenvalue weighted by Crippen LogP contribution is 2.62. The molecule has 256 valence electrons. The summed E-state index contributed by atoms with van der Waals surface area (Å²) in [5, 5.41) is 21.1. The smallest absolute Gasteiger partial charge is 0.453 e. The second-order valence-corrected chi connectivity index (χ2v) is 14.4. The van der Waals surface area contributed by atoms with Gasteiger partial charge in [0.25, 0.3) is 0 Å². The second kappa shape index (κ2) is 15.3. The van der Waals surface area contributed by atoms with Gasteiger partial charge in [-0.1, -0.05) is 57.9 Å². The maximum absolute atomic E-state index is 13.3. The minimum absolute atomic E-state index is 0.00821. The van der Waals surface area contributed by atoms with Crippen molar-refractivity contribution in [2.24, 2.45) is 29.1 Å². The highest BCUT2D eigenvalue weighted by atomic mass is 19.4. The summed E-state index contributed by atoms with van der Waals surface area (Å²) in [6.45, 7) is 4.10. The van der Waals surface area contributed by atoms with Gasteiger partial charge >= 0.3 is 18.1 Å². The first-order chi connectivity index (χ1) is 21.3. The van der Waals surface area contributed by atoms with Gasteiger partial charge in [-0.05, 0) is 117 Å². The molecule has 9 heteroatoms. The quantitative estimate of drug-likeness (QED) is 0.107. The molecule has 0 saturated heterocycles. The zero-order valence-electron chi connectivity index (χ0n) is 27.0. The van der Waals surface area contributed by atoms with E-state index < -0.39 is 30.4 Å². The Hall–Kier alpha value is -1.90. The van der Waals surface area contributed by atoms with Crippen LogP contribution in [0, 0.1) is 29.1 Å². The van der Waals surface area contributed by atoms with Gasteiger partial charge in [-0.3, -0.25) is 4.79 Å². The van der Waals surface area contributed by atoms with Gasteiger partial charge in [0.05, 0.1) is 18.6 Å². The van der Waals surface area contributed by atoms with Crippen molar-refractivity contribution in [2.45, 2.75) is 147 Å². The maximum Gasteiger partial charge on any atom is 0.453 e. The Morgan fingerprint density at radius 3 is 2.33 bits per heavy atom. The third-order valence-electron chi connectivity index (χ3n) is 11.5. The molecule has 1 aromatic carbocycles. The van der Waals surface area contributed by atoms with Crippen LogP contribution in [0.4, 0.5) is 22.0 Å². The lowest BCUT2D eigenvalue weighted by atomic mass is 9.52. The van der Waals surface area contributed by atoms with Crippen LogP contribution >= 0.6 is 0 Å². The molecule has 2 N–H and O–H groups in total. The van der Waals surface area contributed by atoms with Crippen molar-refractivity contribution in [2.75, 3.05) is 6.61 Å². The summed E-state index contributed by atoms with van der Waals surface area (Å²) < 4.78 is 69.0. The van der Waals surface area contributed by atoms with Crippen LogP contribution in [0.25, 0.3) is 0 Å². The second-order valence-electron chi connectivity index (χ2n) is 14.4. The van der Waals surface area contributed by atoms with Crippen LogP contribution in [-0.4, -0.2) is 41.0 Å². The predicted octanol–water partition coefficient (Wildman–Crippen LogP) is 9.89. The topological polar surface area (TPSA) is 66.8 Å². The summed E-state index contributed by atoms with van der Waals surface area (Å²) in [5.74, 6) is -3.41. The third kappa shape index (κ3) is 8.53. The molecule has 0 bridgehead atoms. The van der Waals surface area contributed by atoms with E-state index in [-0.39, 0.29) is 31.0 Å². The van der Waals surface area contributed by atoms with Crippen LogP contribution in [0.1, 0.15) is 134 Å². The fourth-order valence-corrected chi connectivity index (χ4v) is 9.06. The van der Waals surface area contributed by atoms with Gasteiger partial charge in [-0.15, -0.1) is 0 Å². The number of aromatic hydroxyl groups is 1. The van der Waals surface area contributed by atoms with E-state index in [0.717, 1.165) is 77.0 Å². The summed E-state index contributed by atoms with van der Waals surface area (Å²) in [4.78, 5) is 12.3. The number of carbonyl (C=O) groups is 1. The van der Waals surface area contributed by atoms with E-state index in [1.807, 2.05) is 12.1 Å². The Morgan fingerprint density at radius 2 is 1.64 bits per heavy atom. The lowest BCUT2D eigenvalue weighted by molar-refractivity contribution is -0.284. The lowest BCUT2D eigenvalue weighted by Crippen LogP contribution is -2.47. The number of ether oxygens (including phenoxy) is 1. The summed E-state index contributed by atoms with van der Waals surface area (Å²) in [6, 6.07) is 5.92. The largest absolute Gasteiger partial charge is 0.508 e. The van der Waals surface area contributed by atoms with E-state index >= 15 is 0 Å². The predicted molar refractivity (Wildman–Crippen MR) is 164 cm³/mol. The minimum atomic E-state index is -5.57. The zero-order valence-corrected chi connectivity index (χ0v) is 27.0. The molecule has 3 aliphatic carbocycles. The van der Waals surface area contributed by atoms with Crippen molar-refractivity contribution in [3.05, 3.63) is 29.3 Å². The fraction of sp³-hybridized carbons (Fsp3) is 0.806. The number of fused-ring (bicyclic) bond motifs is 5. The zero-order chi connectivity index (χ0) is 32.8. The molecule has 0 aromatic heterocycles. The number of halogens is 5. The summed E-state index contributed by atoms with van der Waals surface area (Å²) in [6.07, 6.45) is 6.22. The normalized spacial score (nSPS) is 28.7. The monoisotopic (exact) mass is 644 g/mol. The molecule has 2 saturated carbocycles. The molecule has 3 aliphatic rings. The van der Waals surface area contributed by atoms with E-state index in [9.17, 15) is 37.0 Å². The summed E-state index contributed by atoms with van der Waals surface area (Å²) in [5.41, 5.74) is 2.70. The van der Waals surface area contributed by atoms with Crippen molar-refractivity contribution in [3.8, 4) is 5.75 Å². The number of alkyl halides is 5. The summed E-state index contributed by atoms with van der Waals surface area (Å²) in [7, 11) is 0. The number of benzene rings is 1. The first-order valence-corrected chi connectivity index (χ1v) is 17.4. The van der Waals surface area contributed by atoms with Gasteiger partial charge in [0.1, 0.15) is 5.75 Å². The van der Waals surface area contributed by atoms with E-state index in [4.69, 9.17) is 4.74 Å². The molecule has 0 radical (unpaired) electrons. The van der Waals surface area contributed by atoms with Gasteiger partial charge in [-0.2, -0.15) is 22.0 Å². The number of unbranched alkanes of at least 4 members (excludes halogenated alkanes) is 6. The van der Waals surface area contributed by atoms with E-state index in [2.05, 4.69) is 13.0 Å². The van der Waals surface area contributed by atoms with E-state index in [0.29, 0.717) is 42.3 Å². The standard InChI is InChI=1S/C36H53F5O4/c1-3-45-33(44)24(14-11-20-35(37,38)36(39,40)41)12-9-7-5-4-6-8-10-13-25-22-26-23-27(42)15-16-28(26)29-19-21-34(2)30(32(25)29)17-18-31(34)43/h15-16,23-25,29-32,42-43H,3-14,17-22H2,1-2H3/t24?,25?,29?,30?,31-,32?,34-/m0/s1. The Bertz CT molecular complexity index is 1110. The molecule has 4 nitrogen and oxygen atoms in total. The van der Waals surface area contributed by atoms with Gasteiger partial charge in [0.2, 0.25) is 0 Å². The molecule has 0 amide bonds. The van der Waals surface area contributed by atoms with E-state index in [1.165, 1.54) is 11.1 Å². The number of hydrogen-bond acceptors (Lipinski definition) is 4. The van der Waals surface area contributed by atoms with Crippen LogP contribution in [0.2, 0.25) is 0 Å². The van der Waals surface area contributed by atoms with Gasteiger partial charge < -0.3 is 14.9 Å². The third-order valence-corrected chi connectivity index (χ3v) is 11.5. The van der Waals surface area contributed by atoms with Crippen LogP contribution in [-0.2, 0) is 16.0 Å². The lowest BCUT2D eigenvalue weighted by Gasteiger charge is -2.53. The van der Waals surface area contributed by atoms with Crippen LogP contribution in [0.3, 0.4) is 0 Å². The number of carbonyl (C=O) groups excluding carboxylic acids is 1. The number of esters is 1. The first kappa shape index (κ1) is 35.9. The average molecular weight is 645 g/mol. The maximum atomic E-state index is 13.3. The first-order valence-electron chi connectivity index (χ1n) is 17.4. The number of rotatable bonds is 16. The summed E-state index contributed by atoms with van der Waals surface area (Å²) >= 11 is 0. The number of aliphatic hydroxyl groups is 1. The molecule has 7 atom stereocenters. The molecule has 0 heterocycles. The molecule has 0 spiro atoms. The van der Waals surface area contributed by atoms with Gasteiger partial charge in [0.15, 0.2) is 0 Å². The Morgan fingerprint density at radius 1 is 0.978 bits per heavy atom.